The minimum atomic E-state index is 0.123. The molecule has 2 aromatic carbocycles. The lowest BCUT2D eigenvalue weighted by molar-refractivity contribution is 0.468. The number of thiazole rings is 1. The maximum absolute atomic E-state index is 4.66. The summed E-state index contributed by atoms with van der Waals surface area (Å²) in [5.74, 6) is 0. The van der Waals surface area contributed by atoms with E-state index in [4.69, 9.17) is 0 Å². The fourth-order valence-corrected chi connectivity index (χ4v) is 3.41. The SMILES string of the molecule is CC(C)(CNCc1nc2ccccc2s1)c1ccccc1. The first-order chi connectivity index (χ1) is 10.1. The van der Waals surface area contributed by atoms with Gasteiger partial charge in [-0.15, -0.1) is 11.3 Å². The highest BCUT2D eigenvalue weighted by Gasteiger charge is 2.19. The van der Waals surface area contributed by atoms with E-state index in [-0.39, 0.29) is 5.41 Å². The molecule has 0 atom stereocenters. The van der Waals surface area contributed by atoms with Crippen LogP contribution in [-0.2, 0) is 12.0 Å². The highest BCUT2D eigenvalue weighted by atomic mass is 32.1. The Morgan fingerprint density at radius 3 is 2.48 bits per heavy atom. The van der Waals surface area contributed by atoms with E-state index in [2.05, 4.69) is 72.7 Å². The molecule has 0 spiro atoms. The molecule has 108 valence electrons. The van der Waals surface area contributed by atoms with E-state index in [1.807, 2.05) is 6.07 Å². The Kier molecular flexibility index (Phi) is 4.04. The third-order valence-corrected chi connectivity index (χ3v) is 4.77. The van der Waals surface area contributed by atoms with Crippen LogP contribution in [0.4, 0.5) is 0 Å². The first-order valence-electron chi connectivity index (χ1n) is 7.26. The minimum absolute atomic E-state index is 0.123. The number of rotatable bonds is 5. The van der Waals surface area contributed by atoms with Gasteiger partial charge in [-0.1, -0.05) is 56.3 Å². The Hall–Kier alpha value is -1.71. The standard InChI is InChI=1S/C18H20N2S/c1-18(2,14-8-4-3-5-9-14)13-19-12-17-20-15-10-6-7-11-16(15)21-17/h3-11,19H,12-13H2,1-2H3. The largest absolute Gasteiger partial charge is 0.310 e. The van der Waals surface area contributed by atoms with Crippen LogP contribution in [0, 0.1) is 0 Å². The molecule has 0 aliphatic heterocycles. The van der Waals surface area contributed by atoms with Crippen molar-refractivity contribution in [2.75, 3.05) is 6.54 Å². The summed E-state index contributed by atoms with van der Waals surface area (Å²) in [5, 5.41) is 4.70. The second-order valence-corrected chi connectivity index (χ2v) is 7.04. The Labute approximate surface area is 129 Å². The maximum Gasteiger partial charge on any atom is 0.108 e. The number of hydrogen-bond acceptors (Lipinski definition) is 3. The van der Waals surface area contributed by atoms with Crippen molar-refractivity contribution in [1.29, 1.82) is 0 Å². The molecule has 0 radical (unpaired) electrons. The number of para-hydroxylation sites is 1. The highest BCUT2D eigenvalue weighted by molar-refractivity contribution is 7.18. The summed E-state index contributed by atoms with van der Waals surface area (Å²) in [6, 6.07) is 19.0. The Morgan fingerprint density at radius 1 is 1.00 bits per heavy atom. The van der Waals surface area contributed by atoms with Gasteiger partial charge in [-0.25, -0.2) is 4.98 Å². The normalized spacial score (nSPS) is 11.9. The average molecular weight is 296 g/mol. The second kappa shape index (κ2) is 5.96. The summed E-state index contributed by atoms with van der Waals surface area (Å²) in [4.78, 5) is 4.66. The van der Waals surface area contributed by atoms with E-state index >= 15 is 0 Å². The van der Waals surface area contributed by atoms with E-state index in [0.717, 1.165) is 23.6 Å². The molecule has 3 aromatic rings. The van der Waals surface area contributed by atoms with Crippen LogP contribution < -0.4 is 5.32 Å². The molecule has 3 rings (SSSR count). The smallest absolute Gasteiger partial charge is 0.108 e. The summed E-state index contributed by atoms with van der Waals surface area (Å²) in [5.41, 5.74) is 2.58. The molecule has 21 heavy (non-hydrogen) atoms. The van der Waals surface area contributed by atoms with Crippen LogP contribution >= 0.6 is 11.3 Å². The molecule has 1 aromatic heterocycles. The Bertz CT molecular complexity index is 683. The fourth-order valence-electron chi connectivity index (χ4n) is 2.47. The van der Waals surface area contributed by atoms with Crippen molar-refractivity contribution in [2.24, 2.45) is 0 Å². The van der Waals surface area contributed by atoms with Gasteiger partial charge in [0.15, 0.2) is 0 Å². The van der Waals surface area contributed by atoms with Crippen LogP contribution in [0.1, 0.15) is 24.4 Å². The number of nitrogens with zero attached hydrogens (tertiary/aromatic N) is 1. The molecule has 0 unspecified atom stereocenters. The Balaban J connectivity index is 1.63. The van der Waals surface area contributed by atoms with Gasteiger partial charge in [-0.3, -0.25) is 0 Å². The van der Waals surface area contributed by atoms with Crippen LogP contribution in [0.25, 0.3) is 10.2 Å². The molecule has 0 saturated carbocycles. The van der Waals surface area contributed by atoms with E-state index in [1.165, 1.54) is 10.3 Å². The van der Waals surface area contributed by atoms with E-state index in [1.54, 1.807) is 11.3 Å². The van der Waals surface area contributed by atoms with Crippen molar-refractivity contribution in [3.8, 4) is 0 Å². The third kappa shape index (κ3) is 3.31. The first kappa shape index (κ1) is 14.2. The Morgan fingerprint density at radius 2 is 1.71 bits per heavy atom. The summed E-state index contributed by atoms with van der Waals surface area (Å²) < 4.78 is 1.26. The van der Waals surface area contributed by atoms with Crippen LogP contribution in [-0.4, -0.2) is 11.5 Å². The summed E-state index contributed by atoms with van der Waals surface area (Å²) in [6.45, 7) is 6.31. The van der Waals surface area contributed by atoms with Crippen LogP contribution in [0.3, 0.4) is 0 Å². The zero-order chi connectivity index (χ0) is 14.7. The number of nitrogens with one attached hydrogen (secondary N) is 1. The van der Waals surface area contributed by atoms with Crippen molar-refractivity contribution in [1.82, 2.24) is 10.3 Å². The first-order valence-corrected chi connectivity index (χ1v) is 8.07. The topological polar surface area (TPSA) is 24.9 Å². The van der Waals surface area contributed by atoms with Gasteiger partial charge in [0.05, 0.1) is 10.2 Å². The van der Waals surface area contributed by atoms with Gasteiger partial charge in [0.25, 0.3) is 0 Å². The van der Waals surface area contributed by atoms with Crippen molar-refractivity contribution in [2.45, 2.75) is 25.8 Å². The quantitative estimate of drug-likeness (QED) is 0.756. The molecule has 0 bridgehead atoms. The fraction of sp³-hybridized carbons (Fsp3) is 0.278. The predicted octanol–water partition coefficient (Wildman–Crippen LogP) is 4.36. The molecule has 0 saturated heterocycles. The van der Waals surface area contributed by atoms with E-state index in [9.17, 15) is 0 Å². The maximum atomic E-state index is 4.66. The molecule has 0 aliphatic carbocycles. The van der Waals surface area contributed by atoms with Crippen molar-refractivity contribution in [3.63, 3.8) is 0 Å². The van der Waals surface area contributed by atoms with Crippen LogP contribution in [0.5, 0.6) is 0 Å². The zero-order valence-electron chi connectivity index (χ0n) is 12.5. The van der Waals surface area contributed by atoms with E-state index in [0.29, 0.717) is 0 Å². The van der Waals surface area contributed by atoms with Crippen LogP contribution in [0.2, 0.25) is 0 Å². The molecule has 1 heterocycles. The molecular weight excluding hydrogens is 276 g/mol. The highest BCUT2D eigenvalue weighted by Crippen LogP contribution is 2.23. The molecule has 3 heteroatoms. The monoisotopic (exact) mass is 296 g/mol. The van der Waals surface area contributed by atoms with Gasteiger partial charge >= 0.3 is 0 Å². The van der Waals surface area contributed by atoms with Gasteiger partial charge in [0.2, 0.25) is 0 Å². The van der Waals surface area contributed by atoms with Gasteiger partial charge < -0.3 is 5.32 Å². The van der Waals surface area contributed by atoms with Crippen molar-refractivity contribution < 1.29 is 0 Å². The lowest BCUT2D eigenvalue weighted by Gasteiger charge is -2.25. The number of aromatic nitrogens is 1. The average Bonchev–Trinajstić information content (AvgIpc) is 2.90. The molecule has 0 aliphatic rings. The molecule has 0 fully saturated rings. The number of benzene rings is 2. The summed E-state index contributed by atoms with van der Waals surface area (Å²) in [7, 11) is 0. The summed E-state index contributed by atoms with van der Waals surface area (Å²) in [6.07, 6.45) is 0. The second-order valence-electron chi connectivity index (χ2n) is 5.93. The lowest BCUT2D eigenvalue weighted by Crippen LogP contribution is -2.32. The van der Waals surface area contributed by atoms with Gasteiger partial charge in [-0.2, -0.15) is 0 Å². The lowest BCUT2D eigenvalue weighted by atomic mass is 9.85. The van der Waals surface area contributed by atoms with Gasteiger partial charge in [0.1, 0.15) is 5.01 Å². The molecule has 1 N–H and O–H groups in total. The number of hydrogen-bond donors (Lipinski definition) is 1. The molecule has 0 amide bonds. The minimum Gasteiger partial charge on any atom is -0.310 e. The number of fused-ring (bicyclic) bond motifs is 1. The molecule has 2 nitrogen and oxygen atoms in total. The third-order valence-electron chi connectivity index (χ3n) is 3.74. The van der Waals surface area contributed by atoms with Gasteiger partial charge in [0, 0.05) is 18.5 Å². The van der Waals surface area contributed by atoms with Gasteiger partial charge in [-0.05, 0) is 17.7 Å². The van der Waals surface area contributed by atoms with Crippen molar-refractivity contribution in [3.05, 3.63) is 65.2 Å². The zero-order valence-corrected chi connectivity index (χ0v) is 13.3. The summed E-state index contributed by atoms with van der Waals surface area (Å²) >= 11 is 1.77. The predicted molar refractivity (Wildman–Crippen MR) is 90.8 cm³/mol. The van der Waals surface area contributed by atoms with E-state index < -0.39 is 0 Å². The van der Waals surface area contributed by atoms with Crippen molar-refractivity contribution >= 4 is 21.6 Å². The molecular formula is C18H20N2S. The van der Waals surface area contributed by atoms with Crippen LogP contribution in [0.15, 0.2) is 54.6 Å².